The molecule has 2 rings (SSSR count). The average molecular weight is 602 g/mol. The van der Waals surface area contributed by atoms with E-state index in [1.54, 1.807) is 0 Å². The molecular formula is C32H47N3O6S. The first-order chi connectivity index (χ1) is 20.3. The van der Waals surface area contributed by atoms with E-state index in [2.05, 4.69) is 29.1 Å². The number of nitrogens with zero attached hydrogens (tertiary/aromatic N) is 1. The lowest BCUT2D eigenvalue weighted by atomic mass is 10.1. The number of carbonyl (C=O) groups excluding carboxylic acids is 1. The van der Waals surface area contributed by atoms with Crippen LogP contribution in [0.3, 0.4) is 0 Å². The zero-order valence-electron chi connectivity index (χ0n) is 24.9. The SMILES string of the molecule is CCCCCCCC/C=C\CCCCCCCCNC(=O)c1ccc(CO)c(NS(=O)(=O)c2cccc([N+](=O)[O-])c2)c1. The Morgan fingerprint density at radius 1 is 0.881 bits per heavy atom. The molecule has 0 aliphatic carbocycles. The Balaban J connectivity index is 1.69. The second kappa shape index (κ2) is 19.8. The van der Waals surface area contributed by atoms with Crippen LogP contribution in [0.2, 0.25) is 0 Å². The molecule has 3 N–H and O–H groups in total. The monoisotopic (exact) mass is 601 g/mol. The predicted octanol–water partition coefficient (Wildman–Crippen LogP) is 7.66. The summed E-state index contributed by atoms with van der Waals surface area (Å²) in [6.45, 7) is 2.30. The zero-order valence-corrected chi connectivity index (χ0v) is 25.7. The number of anilines is 1. The molecule has 232 valence electrons. The lowest BCUT2D eigenvalue weighted by molar-refractivity contribution is -0.385. The average Bonchev–Trinajstić information content (AvgIpc) is 2.98. The lowest BCUT2D eigenvalue weighted by Gasteiger charge is -2.13. The Bertz CT molecular complexity index is 1250. The van der Waals surface area contributed by atoms with E-state index in [1.807, 2.05) is 0 Å². The third-order valence-electron chi connectivity index (χ3n) is 7.10. The Hall–Kier alpha value is -3.24. The molecule has 2 aromatic carbocycles. The minimum absolute atomic E-state index is 0.0360. The summed E-state index contributed by atoms with van der Waals surface area (Å²) in [4.78, 5) is 22.7. The molecule has 0 unspecified atom stereocenters. The number of unbranched alkanes of at least 4 members (excludes halogenated alkanes) is 12. The van der Waals surface area contributed by atoms with Gasteiger partial charge in [0.05, 0.1) is 22.1 Å². The van der Waals surface area contributed by atoms with E-state index in [1.165, 1.54) is 101 Å². The van der Waals surface area contributed by atoms with Crippen LogP contribution in [0.5, 0.6) is 0 Å². The Morgan fingerprint density at radius 2 is 1.50 bits per heavy atom. The summed E-state index contributed by atoms with van der Waals surface area (Å²) < 4.78 is 28.1. The number of hydrogen-bond acceptors (Lipinski definition) is 6. The van der Waals surface area contributed by atoms with Crippen molar-refractivity contribution in [2.75, 3.05) is 11.3 Å². The quantitative estimate of drug-likeness (QED) is 0.0548. The van der Waals surface area contributed by atoms with Gasteiger partial charge < -0.3 is 10.4 Å². The van der Waals surface area contributed by atoms with Gasteiger partial charge in [-0.25, -0.2) is 8.42 Å². The fourth-order valence-corrected chi connectivity index (χ4v) is 5.73. The van der Waals surface area contributed by atoms with E-state index in [-0.39, 0.29) is 33.3 Å². The molecule has 0 aliphatic rings. The van der Waals surface area contributed by atoms with Crippen LogP contribution in [0.25, 0.3) is 0 Å². The van der Waals surface area contributed by atoms with E-state index in [9.17, 15) is 28.4 Å². The number of non-ortho nitro benzene ring substituents is 1. The third-order valence-corrected chi connectivity index (χ3v) is 8.46. The maximum atomic E-state index is 12.9. The predicted molar refractivity (Wildman–Crippen MR) is 168 cm³/mol. The van der Waals surface area contributed by atoms with Crippen molar-refractivity contribution in [2.45, 2.75) is 108 Å². The van der Waals surface area contributed by atoms with E-state index >= 15 is 0 Å². The van der Waals surface area contributed by atoms with E-state index in [0.717, 1.165) is 31.7 Å². The molecule has 0 spiro atoms. The lowest BCUT2D eigenvalue weighted by Crippen LogP contribution is -2.25. The highest BCUT2D eigenvalue weighted by Crippen LogP contribution is 2.24. The molecule has 0 fully saturated rings. The second-order valence-corrected chi connectivity index (χ2v) is 12.3. The Kier molecular flexibility index (Phi) is 16.5. The number of amides is 1. The van der Waals surface area contributed by atoms with Crippen LogP contribution in [0.1, 0.15) is 113 Å². The number of nitro groups is 1. The van der Waals surface area contributed by atoms with Gasteiger partial charge in [0.2, 0.25) is 0 Å². The van der Waals surface area contributed by atoms with Crippen LogP contribution in [-0.2, 0) is 16.6 Å². The molecule has 0 bridgehead atoms. The number of carbonyl (C=O) groups is 1. The molecule has 2 aromatic rings. The fraction of sp³-hybridized carbons (Fsp3) is 0.531. The largest absolute Gasteiger partial charge is 0.392 e. The van der Waals surface area contributed by atoms with Crippen LogP contribution in [0.4, 0.5) is 11.4 Å². The summed E-state index contributed by atoms with van der Waals surface area (Å²) in [5, 5.41) is 23.6. The number of rotatable bonds is 22. The molecular weight excluding hydrogens is 554 g/mol. The maximum absolute atomic E-state index is 12.9. The number of aliphatic hydroxyl groups excluding tert-OH is 1. The molecule has 0 saturated heterocycles. The number of sulfonamides is 1. The first-order valence-corrected chi connectivity index (χ1v) is 16.7. The van der Waals surface area contributed by atoms with E-state index in [4.69, 9.17) is 0 Å². The number of aliphatic hydroxyl groups is 1. The van der Waals surface area contributed by atoms with Crippen molar-refractivity contribution < 1.29 is 23.2 Å². The third kappa shape index (κ3) is 13.2. The molecule has 0 atom stereocenters. The number of benzene rings is 2. The van der Waals surface area contributed by atoms with E-state index < -0.39 is 21.6 Å². The fourth-order valence-electron chi connectivity index (χ4n) is 4.59. The van der Waals surface area contributed by atoms with Gasteiger partial charge in [-0.1, -0.05) is 89.0 Å². The number of allylic oxidation sites excluding steroid dienone is 2. The van der Waals surface area contributed by atoms with Gasteiger partial charge in [0.25, 0.3) is 21.6 Å². The molecule has 0 saturated carbocycles. The second-order valence-electron chi connectivity index (χ2n) is 10.6. The number of nitrogens with one attached hydrogen (secondary N) is 2. The van der Waals surface area contributed by atoms with Crippen molar-refractivity contribution in [3.8, 4) is 0 Å². The first kappa shape index (κ1) is 35.0. The highest BCUT2D eigenvalue weighted by atomic mass is 32.2. The van der Waals surface area contributed by atoms with E-state index in [0.29, 0.717) is 6.54 Å². The Labute approximate surface area is 251 Å². The smallest absolute Gasteiger partial charge is 0.270 e. The summed E-state index contributed by atoms with van der Waals surface area (Å²) in [6.07, 6.45) is 21.6. The van der Waals surface area contributed by atoms with Crippen molar-refractivity contribution in [3.63, 3.8) is 0 Å². The molecule has 10 heteroatoms. The van der Waals surface area contributed by atoms with Crippen molar-refractivity contribution >= 4 is 27.3 Å². The van der Waals surface area contributed by atoms with Crippen LogP contribution in [-0.4, -0.2) is 30.9 Å². The molecule has 1 amide bonds. The van der Waals surface area contributed by atoms with Crippen molar-refractivity contribution in [2.24, 2.45) is 0 Å². The number of nitro benzene ring substituents is 1. The first-order valence-electron chi connectivity index (χ1n) is 15.2. The standard InChI is InChI=1S/C32H47N3O6S/c1-2-3-4-5-6-7-8-9-10-11-12-13-14-15-16-17-23-33-32(37)27-21-22-28(26-36)31(24-27)34-42(40,41)30-20-18-19-29(25-30)35(38)39/h9-10,18-22,24-25,34,36H,2-8,11-17,23,26H2,1H3,(H,33,37)/b10-9-. The van der Waals surface area contributed by atoms with Gasteiger partial charge in [-0.2, -0.15) is 0 Å². The van der Waals surface area contributed by atoms with Gasteiger partial charge >= 0.3 is 0 Å². The summed E-state index contributed by atoms with van der Waals surface area (Å²) in [5.41, 5.74) is 0.191. The van der Waals surface area contributed by atoms with Crippen molar-refractivity contribution in [1.29, 1.82) is 0 Å². The minimum Gasteiger partial charge on any atom is -0.392 e. The maximum Gasteiger partial charge on any atom is 0.270 e. The summed E-state index contributed by atoms with van der Waals surface area (Å²) in [5.74, 6) is -0.344. The summed E-state index contributed by atoms with van der Waals surface area (Å²) in [7, 11) is -4.19. The highest BCUT2D eigenvalue weighted by molar-refractivity contribution is 7.92. The summed E-state index contributed by atoms with van der Waals surface area (Å²) >= 11 is 0. The van der Waals surface area contributed by atoms with Gasteiger partial charge in [0.15, 0.2) is 0 Å². The molecule has 0 aliphatic heterocycles. The van der Waals surface area contributed by atoms with Crippen LogP contribution in [0, 0.1) is 10.1 Å². The Morgan fingerprint density at radius 3 is 2.12 bits per heavy atom. The van der Waals surface area contributed by atoms with Gasteiger partial charge in [-0.3, -0.25) is 19.6 Å². The van der Waals surface area contributed by atoms with Gasteiger partial charge in [-0.15, -0.1) is 0 Å². The van der Waals surface area contributed by atoms with Gasteiger partial charge in [0, 0.05) is 29.8 Å². The van der Waals surface area contributed by atoms with Crippen molar-refractivity contribution in [1.82, 2.24) is 5.32 Å². The molecule has 42 heavy (non-hydrogen) atoms. The topological polar surface area (TPSA) is 139 Å². The van der Waals surface area contributed by atoms with Crippen LogP contribution >= 0.6 is 0 Å². The molecule has 9 nitrogen and oxygen atoms in total. The highest BCUT2D eigenvalue weighted by Gasteiger charge is 2.20. The van der Waals surface area contributed by atoms with Gasteiger partial charge in [-0.05, 0) is 50.3 Å². The summed E-state index contributed by atoms with van der Waals surface area (Å²) in [6, 6.07) is 9.02. The minimum atomic E-state index is -4.19. The number of hydrogen-bond donors (Lipinski definition) is 3. The van der Waals surface area contributed by atoms with Crippen LogP contribution < -0.4 is 10.0 Å². The normalized spacial score (nSPS) is 11.6. The molecule has 0 radical (unpaired) electrons. The zero-order chi connectivity index (χ0) is 30.6. The van der Waals surface area contributed by atoms with Crippen LogP contribution in [0.15, 0.2) is 59.5 Å². The van der Waals surface area contributed by atoms with Crippen molar-refractivity contribution in [3.05, 3.63) is 75.9 Å². The molecule has 0 aromatic heterocycles. The van der Waals surface area contributed by atoms with Gasteiger partial charge in [0.1, 0.15) is 0 Å². The molecule has 0 heterocycles.